The second kappa shape index (κ2) is 7.39. The van der Waals surface area contributed by atoms with Crippen LogP contribution in [0.2, 0.25) is 0 Å². The molecule has 32 heavy (non-hydrogen) atoms. The van der Waals surface area contributed by atoms with Gasteiger partial charge < -0.3 is 4.90 Å². The van der Waals surface area contributed by atoms with Crippen LogP contribution in [0.4, 0.5) is 17.1 Å². The minimum Gasteiger partial charge on any atom is -0.310 e. The normalized spacial score (nSPS) is 11.6. The number of anilines is 3. The third-order valence-electron chi connectivity index (χ3n) is 6.64. The van der Waals surface area contributed by atoms with Crippen LogP contribution < -0.4 is 4.90 Å². The molecule has 0 aliphatic rings. The molecule has 0 heterocycles. The smallest absolute Gasteiger partial charge is 0.0540 e. The maximum absolute atomic E-state index is 2.39. The molecule has 6 aromatic carbocycles. The lowest BCUT2D eigenvalue weighted by molar-refractivity contribution is 1.14. The highest BCUT2D eigenvalue weighted by Gasteiger charge is 2.18. The molecule has 0 bridgehead atoms. The van der Waals surface area contributed by atoms with Gasteiger partial charge in [0.1, 0.15) is 0 Å². The van der Waals surface area contributed by atoms with Crippen LogP contribution in [-0.4, -0.2) is 0 Å². The van der Waals surface area contributed by atoms with Crippen molar-refractivity contribution < 1.29 is 0 Å². The minimum atomic E-state index is 1.05. The zero-order chi connectivity index (χ0) is 21.7. The molecule has 0 aromatic heterocycles. The van der Waals surface area contributed by atoms with Gasteiger partial charge in [-0.05, 0) is 76.2 Å². The van der Waals surface area contributed by atoms with E-state index in [0.717, 1.165) is 6.42 Å². The molecule has 1 nitrogen and oxygen atoms in total. The second-order valence-corrected chi connectivity index (χ2v) is 8.63. The molecule has 6 aromatic rings. The van der Waals surface area contributed by atoms with Crippen LogP contribution in [0.15, 0.2) is 103 Å². The average molecular weight is 412 g/mol. The van der Waals surface area contributed by atoms with E-state index in [1.165, 1.54) is 60.5 Å². The van der Waals surface area contributed by atoms with Crippen molar-refractivity contribution >= 4 is 49.4 Å². The number of nitrogens with zero attached hydrogens (tertiary/aromatic N) is 1. The topological polar surface area (TPSA) is 3.24 Å². The largest absolute Gasteiger partial charge is 0.310 e. The lowest BCUT2D eigenvalue weighted by Gasteiger charge is -2.28. The number of hydrogen-bond acceptors (Lipinski definition) is 1. The Morgan fingerprint density at radius 1 is 0.562 bits per heavy atom. The summed E-state index contributed by atoms with van der Waals surface area (Å²) in [6, 6.07) is 38.0. The zero-order valence-electron chi connectivity index (χ0n) is 18.5. The van der Waals surface area contributed by atoms with Gasteiger partial charge in [0, 0.05) is 16.8 Å². The molecule has 0 atom stereocenters. The fourth-order valence-electron chi connectivity index (χ4n) is 4.92. The molecule has 0 saturated heterocycles. The molecule has 1 heteroatoms. The maximum atomic E-state index is 2.39. The van der Waals surface area contributed by atoms with E-state index in [-0.39, 0.29) is 0 Å². The summed E-state index contributed by atoms with van der Waals surface area (Å²) in [7, 11) is 0. The lowest BCUT2D eigenvalue weighted by Crippen LogP contribution is -2.10. The van der Waals surface area contributed by atoms with Gasteiger partial charge in [0.25, 0.3) is 0 Å². The van der Waals surface area contributed by atoms with Crippen LogP contribution in [-0.2, 0) is 6.42 Å². The summed E-state index contributed by atoms with van der Waals surface area (Å²) in [5.74, 6) is 0. The summed E-state index contributed by atoms with van der Waals surface area (Å²) in [5, 5.41) is 7.87. The SMILES string of the molecule is CCc1ccc(N(c2ccc(C)cc2)c2ccc3ccc4cccc5ccc2c3c45)cc1. The molecule has 0 aliphatic heterocycles. The Labute approximate surface area is 188 Å². The van der Waals surface area contributed by atoms with E-state index in [0.29, 0.717) is 0 Å². The van der Waals surface area contributed by atoms with E-state index in [9.17, 15) is 0 Å². The van der Waals surface area contributed by atoms with Gasteiger partial charge in [-0.3, -0.25) is 0 Å². The van der Waals surface area contributed by atoms with Crippen molar-refractivity contribution in [2.24, 2.45) is 0 Å². The molecule has 0 fully saturated rings. The van der Waals surface area contributed by atoms with Gasteiger partial charge in [0.05, 0.1) is 5.69 Å². The van der Waals surface area contributed by atoms with E-state index in [2.05, 4.69) is 122 Å². The predicted octanol–water partition coefficient (Wildman–Crippen LogP) is 8.92. The first kappa shape index (κ1) is 18.9. The summed E-state index contributed by atoms with van der Waals surface area (Å²) in [6.07, 6.45) is 1.05. The molecular weight excluding hydrogens is 386 g/mol. The van der Waals surface area contributed by atoms with Crippen molar-refractivity contribution in [1.82, 2.24) is 0 Å². The molecule has 0 spiro atoms. The van der Waals surface area contributed by atoms with Crippen LogP contribution in [0.5, 0.6) is 0 Å². The van der Waals surface area contributed by atoms with E-state index >= 15 is 0 Å². The van der Waals surface area contributed by atoms with Gasteiger partial charge in [-0.1, -0.05) is 85.3 Å². The van der Waals surface area contributed by atoms with Gasteiger partial charge in [0.15, 0.2) is 0 Å². The lowest BCUT2D eigenvalue weighted by atomic mass is 9.93. The van der Waals surface area contributed by atoms with E-state index in [1.54, 1.807) is 0 Å². The minimum absolute atomic E-state index is 1.05. The first-order valence-electron chi connectivity index (χ1n) is 11.4. The molecule has 0 amide bonds. The third kappa shape index (κ3) is 2.93. The standard InChI is InChI=1S/C31H25N/c1-3-22-9-17-27(18-10-22)32(26-15-7-21(2)8-16-26)29-20-14-25-12-11-23-5-4-6-24-13-19-28(29)31(25)30(23)24/h4-20H,3H2,1-2H3. The fraction of sp³-hybridized carbons (Fsp3) is 0.0968. The second-order valence-electron chi connectivity index (χ2n) is 8.63. The first-order chi connectivity index (χ1) is 15.7. The van der Waals surface area contributed by atoms with Gasteiger partial charge in [-0.25, -0.2) is 0 Å². The van der Waals surface area contributed by atoms with Gasteiger partial charge >= 0.3 is 0 Å². The maximum Gasteiger partial charge on any atom is 0.0540 e. The Bertz CT molecular complexity index is 1530. The summed E-state index contributed by atoms with van der Waals surface area (Å²) in [6.45, 7) is 4.34. The monoisotopic (exact) mass is 411 g/mol. The van der Waals surface area contributed by atoms with Crippen molar-refractivity contribution in [3.63, 3.8) is 0 Å². The number of aryl methyl sites for hydroxylation is 2. The van der Waals surface area contributed by atoms with E-state index in [4.69, 9.17) is 0 Å². The van der Waals surface area contributed by atoms with Crippen molar-refractivity contribution in [2.75, 3.05) is 4.90 Å². The van der Waals surface area contributed by atoms with Crippen molar-refractivity contribution in [3.8, 4) is 0 Å². The quantitative estimate of drug-likeness (QED) is 0.262. The number of hydrogen-bond donors (Lipinski definition) is 0. The van der Waals surface area contributed by atoms with E-state index in [1.807, 2.05) is 0 Å². The van der Waals surface area contributed by atoms with Crippen LogP contribution in [0.3, 0.4) is 0 Å². The Balaban J connectivity index is 1.67. The summed E-state index contributed by atoms with van der Waals surface area (Å²) in [4.78, 5) is 2.39. The molecule has 0 radical (unpaired) electrons. The highest BCUT2D eigenvalue weighted by molar-refractivity contribution is 6.25. The fourth-order valence-corrected chi connectivity index (χ4v) is 4.92. The highest BCUT2D eigenvalue weighted by Crippen LogP contribution is 2.43. The Morgan fingerprint density at radius 2 is 1.12 bits per heavy atom. The van der Waals surface area contributed by atoms with Gasteiger partial charge in [0.2, 0.25) is 0 Å². The summed E-state index contributed by atoms with van der Waals surface area (Å²) in [5.41, 5.74) is 6.19. The van der Waals surface area contributed by atoms with Gasteiger partial charge in [-0.15, -0.1) is 0 Å². The summed E-state index contributed by atoms with van der Waals surface area (Å²) >= 11 is 0. The van der Waals surface area contributed by atoms with Crippen LogP contribution >= 0.6 is 0 Å². The average Bonchev–Trinajstić information content (AvgIpc) is 2.85. The first-order valence-corrected chi connectivity index (χ1v) is 11.4. The van der Waals surface area contributed by atoms with Crippen LogP contribution in [0, 0.1) is 6.92 Å². The van der Waals surface area contributed by atoms with Crippen LogP contribution in [0.1, 0.15) is 18.1 Å². The van der Waals surface area contributed by atoms with Crippen LogP contribution in [0.25, 0.3) is 32.3 Å². The molecular formula is C31H25N. The molecule has 154 valence electrons. The zero-order valence-corrected chi connectivity index (χ0v) is 18.5. The molecule has 6 rings (SSSR count). The van der Waals surface area contributed by atoms with E-state index < -0.39 is 0 Å². The molecule has 0 saturated carbocycles. The molecule has 0 unspecified atom stereocenters. The van der Waals surface area contributed by atoms with Gasteiger partial charge in [-0.2, -0.15) is 0 Å². The molecule has 0 aliphatic carbocycles. The Morgan fingerprint density at radius 3 is 1.78 bits per heavy atom. The molecule has 0 N–H and O–H groups in total. The van der Waals surface area contributed by atoms with Crippen molar-refractivity contribution in [1.29, 1.82) is 0 Å². The highest BCUT2D eigenvalue weighted by atomic mass is 15.1. The Kier molecular flexibility index (Phi) is 4.36. The van der Waals surface area contributed by atoms with Crippen molar-refractivity contribution in [3.05, 3.63) is 114 Å². The third-order valence-corrected chi connectivity index (χ3v) is 6.64. The Hall–Kier alpha value is -3.84. The number of rotatable bonds is 4. The number of benzene rings is 6. The van der Waals surface area contributed by atoms with Crippen molar-refractivity contribution in [2.45, 2.75) is 20.3 Å². The predicted molar refractivity (Wildman–Crippen MR) is 139 cm³/mol. The summed E-state index contributed by atoms with van der Waals surface area (Å²) < 4.78 is 0.